The summed E-state index contributed by atoms with van der Waals surface area (Å²) in [5.74, 6) is -0.299. The van der Waals surface area contributed by atoms with Gasteiger partial charge in [-0.2, -0.15) is 0 Å². The van der Waals surface area contributed by atoms with Crippen LogP contribution in [0.5, 0.6) is 5.75 Å². The summed E-state index contributed by atoms with van der Waals surface area (Å²) in [5.41, 5.74) is 2.78. The molecule has 0 radical (unpaired) electrons. The van der Waals surface area contributed by atoms with Crippen molar-refractivity contribution in [1.82, 2.24) is 5.32 Å². The second-order valence-electron chi connectivity index (χ2n) is 6.62. The zero-order chi connectivity index (χ0) is 20.7. The third-order valence-corrected chi connectivity index (χ3v) is 6.42. The molecule has 2 aromatic carbocycles. The van der Waals surface area contributed by atoms with Gasteiger partial charge in [-0.25, -0.2) is 4.79 Å². The van der Waals surface area contributed by atoms with Crippen molar-refractivity contribution in [3.8, 4) is 5.75 Å². The number of fused-ring (bicyclic) bond motifs is 1. The Labute approximate surface area is 181 Å². The Morgan fingerprint density at radius 3 is 2.48 bits per heavy atom. The molecule has 0 bridgehead atoms. The van der Waals surface area contributed by atoms with Gasteiger partial charge in [0.1, 0.15) is 16.9 Å². The average molecular weight is 447 g/mol. The van der Waals surface area contributed by atoms with Gasteiger partial charge in [0.15, 0.2) is 0 Å². The van der Waals surface area contributed by atoms with E-state index in [1.165, 1.54) is 12.1 Å². The van der Waals surface area contributed by atoms with E-state index in [1.54, 1.807) is 41.7 Å². The van der Waals surface area contributed by atoms with Gasteiger partial charge in [0, 0.05) is 9.90 Å². The van der Waals surface area contributed by atoms with Gasteiger partial charge < -0.3 is 15.4 Å². The molecule has 2 N–H and O–H groups in total. The molecule has 0 spiro atoms. The number of rotatable bonds is 3. The molecule has 1 aromatic heterocycles. The quantitative estimate of drug-likeness (QED) is 0.397. The van der Waals surface area contributed by atoms with Crippen LogP contribution in [0.1, 0.15) is 42.9 Å². The summed E-state index contributed by atoms with van der Waals surface area (Å²) in [6, 6.07) is 11.5. The van der Waals surface area contributed by atoms with Crippen molar-refractivity contribution in [3.63, 3.8) is 0 Å². The maximum absolute atomic E-state index is 12.5. The predicted octanol–water partition coefficient (Wildman–Crippen LogP) is 5.75. The van der Waals surface area contributed by atoms with Crippen LogP contribution in [0.3, 0.4) is 0 Å². The normalized spacial score (nSPS) is 15.3. The molecular weight excluding hydrogens is 431 g/mol. The fourth-order valence-electron chi connectivity index (χ4n) is 3.08. The van der Waals surface area contributed by atoms with E-state index < -0.39 is 5.97 Å². The minimum absolute atomic E-state index is 0.0986. The number of halogens is 2. The van der Waals surface area contributed by atoms with E-state index >= 15 is 0 Å². The highest BCUT2D eigenvalue weighted by Crippen LogP contribution is 2.37. The van der Waals surface area contributed by atoms with Crippen LogP contribution in [-0.2, 0) is 0 Å². The number of hydrogen-bond donors (Lipinski definition) is 2. The topological polar surface area (TPSA) is 67.4 Å². The molecule has 1 atom stereocenters. The molecule has 0 saturated carbocycles. The van der Waals surface area contributed by atoms with Gasteiger partial charge in [-0.3, -0.25) is 4.79 Å². The average Bonchev–Trinajstić information content (AvgIpc) is 2.96. The summed E-state index contributed by atoms with van der Waals surface area (Å²) in [5, 5.41) is 7.85. The standard InChI is InChI=1S/C21H16Cl2N2O3S/c1-10-11(2)29-20-17(10)19(26)24-18(25-20)12-3-6-14(7-4-12)28-21(27)15-8-5-13(22)9-16(15)23/h3-9,18,25H,1-2H3,(H,24,26)/t18-/m0/s1. The van der Waals surface area contributed by atoms with Crippen molar-refractivity contribution in [2.24, 2.45) is 0 Å². The number of anilines is 1. The second kappa shape index (κ2) is 7.71. The Bertz CT molecular complexity index is 1130. The van der Waals surface area contributed by atoms with E-state index in [-0.39, 0.29) is 22.7 Å². The van der Waals surface area contributed by atoms with E-state index in [0.717, 1.165) is 21.0 Å². The highest BCUT2D eigenvalue weighted by molar-refractivity contribution is 7.16. The predicted molar refractivity (Wildman–Crippen MR) is 115 cm³/mol. The molecule has 1 aliphatic heterocycles. The summed E-state index contributed by atoms with van der Waals surface area (Å²) in [6.07, 6.45) is -0.358. The Kier molecular flexibility index (Phi) is 5.25. The number of thiophene rings is 1. The van der Waals surface area contributed by atoms with Crippen LogP contribution in [0.4, 0.5) is 5.00 Å². The van der Waals surface area contributed by atoms with E-state index in [4.69, 9.17) is 27.9 Å². The Morgan fingerprint density at radius 2 is 1.79 bits per heavy atom. The molecule has 1 amide bonds. The highest BCUT2D eigenvalue weighted by atomic mass is 35.5. The van der Waals surface area contributed by atoms with Crippen LogP contribution in [0.25, 0.3) is 0 Å². The summed E-state index contributed by atoms with van der Waals surface area (Å²) in [7, 11) is 0. The first-order valence-electron chi connectivity index (χ1n) is 8.78. The van der Waals surface area contributed by atoms with E-state index in [9.17, 15) is 9.59 Å². The molecule has 8 heteroatoms. The summed E-state index contributed by atoms with van der Waals surface area (Å²) in [4.78, 5) is 25.9. The number of nitrogens with one attached hydrogen (secondary N) is 2. The number of carbonyl (C=O) groups excluding carboxylic acids is 2. The SMILES string of the molecule is Cc1sc2c(c1C)C(=O)N[C@H](c1ccc(OC(=O)c3ccc(Cl)cc3Cl)cc1)N2. The largest absolute Gasteiger partial charge is 0.423 e. The van der Waals surface area contributed by atoms with Crippen molar-refractivity contribution in [2.45, 2.75) is 20.0 Å². The lowest BCUT2D eigenvalue weighted by Gasteiger charge is -2.26. The maximum atomic E-state index is 12.5. The van der Waals surface area contributed by atoms with Crippen LogP contribution < -0.4 is 15.4 Å². The number of amides is 1. The van der Waals surface area contributed by atoms with E-state index in [0.29, 0.717) is 16.3 Å². The minimum Gasteiger partial charge on any atom is -0.423 e. The van der Waals surface area contributed by atoms with Gasteiger partial charge in [0.05, 0.1) is 16.1 Å². The van der Waals surface area contributed by atoms with Crippen LogP contribution in [0, 0.1) is 13.8 Å². The van der Waals surface area contributed by atoms with Gasteiger partial charge in [-0.15, -0.1) is 11.3 Å². The molecule has 0 fully saturated rings. The summed E-state index contributed by atoms with van der Waals surface area (Å²) < 4.78 is 5.39. The Balaban J connectivity index is 1.50. The van der Waals surface area contributed by atoms with Crippen LogP contribution >= 0.6 is 34.5 Å². The number of aryl methyl sites for hydroxylation is 1. The lowest BCUT2D eigenvalue weighted by atomic mass is 10.1. The molecular formula is C21H16Cl2N2O3S. The zero-order valence-corrected chi connectivity index (χ0v) is 17.8. The van der Waals surface area contributed by atoms with Gasteiger partial charge >= 0.3 is 5.97 Å². The minimum atomic E-state index is -0.572. The fourth-order valence-corrected chi connectivity index (χ4v) is 4.66. The lowest BCUT2D eigenvalue weighted by molar-refractivity contribution is 0.0734. The van der Waals surface area contributed by atoms with E-state index in [2.05, 4.69) is 10.6 Å². The molecule has 148 valence electrons. The van der Waals surface area contributed by atoms with Gasteiger partial charge in [-0.1, -0.05) is 35.3 Å². The Hall–Kier alpha value is -2.54. The number of benzene rings is 2. The number of carbonyl (C=O) groups is 2. The van der Waals surface area contributed by atoms with Crippen LogP contribution in [0.15, 0.2) is 42.5 Å². The zero-order valence-electron chi connectivity index (χ0n) is 15.5. The number of ether oxygens (including phenoxy) is 1. The second-order valence-corrected chi connectivity index (χ2v) is 8.69. The van der Waals surface area contributed by atoms with E-state index in [1.807, 2.05) is 13.8 Å². The van der Waals surface area contributed by atoms with Crippen molar-refractivity contribution < 1.29 is 14.3 Å². The molecule has 29 heavy (non-hydrogen) atoms. The van der Waals surface area contributed by atoms with Crippen molar-refractivity contribution in [2.75, 3.05) is 5.32 Å². The Morgan fingerprint density at radius 1 is 1.07 bits per heavy atom. The molecule has 2 heterocycles. The molecule has 0 saturated heterocycles. The highest BCUT2D eigenvalue weighted by Gasteiger charge is 2.29. The maximum Gasteiger partial charge on any atom is 0.345 e. The first-order valence-corrected chi connectivity index (χ1v) is 10.4. The van der Waals surface area contributed by atoms with Gasteiger partial charge in [-0.05, 0) is 55.3 Å². The molecule has 0 unspecified atom stereocenters. The molecule has 1 aliphatic rings. The van der Waals surface area contributed by atoms with Crippen LogP contribution in [-0.4, -0.2) is 11.9 Å². The van der Waals surface area contributed by atoms with Gasteiger partial charge in [0.2, 0.25) is 0 Å². The monoisotopic (exact) mass is 446 g/mol. The first kappa shape index (κ1) is 19.8. The lowest BCUT2D eigenvalue weighted by Crippen LogP contribution is -2.38. The molecule has 3 aromatic rings. The van der Waals surface area contributed by atoms with Crippen molar-refractivity contribution in [1.29, 1.82) is 0 Å². The molecule has 4 rings (SSSR count). The summed E-state index contributed by atoms with van der Waals surface area (Å²) >= 11 is 13.5. The third kappa shape index (κ3) is 3.83. The smallest absolute Gasteiger partial charge is 0.345 e. The van der Waals surface area contributed by atoms with Crippen molar-refractivity contribution >= 4 is 51.4 Å². The van der Waals surface area contributed by atoms with Gasteiger partial charge in [0.25, 0.3) is 5.91 Å². The number of esters is 1. The van der Waals surface area contributed by atoms with Crippen LogP contribution in [0.2, 0.25) is 10.0 Å². The summed E-state index contributed by atoms with van der Waals surface area (Å²) in [6.45, 7) is 3.95. The molecule has 0 aliphatic carbocycles. The molecule has 5 nitrogen and oxygen atoms in total. The fraction of sp³-hybridized carbons (Fsp3) is 0.143. The van der Waals surface area contributed by atoms with Crippen molar-refractivity contribution in [3.05, 3.63) is 79.6 Å². The number of hydrogen-bond acceptors (Lipinski definition) is 5. The first-order chi connectivity index (χ1) is 13.8. The third-order valence-electron chi connectivity index (χ3n) is 4.74.